The molecule has 0 atom stereocenters. The van der Waals surface area contributed by atoms with Crippen molar-refractivity contribution in [2.75, 3.05) is 6.54 Å². The van der Waals surface area contributed by atoms with Gasteiger partial charge in [-0.25, -0.2) is 5.53 Å². The van der Waals surface area contributed by atoms with Crippen molar-refractivity contribution in [2.24, 2.45) is 10.5 Å². The van der Waals surface area contributed by atoms with Crippen molar-refractivity contribution in [3.8, 4) is 0 Å². The van der Waals surface area contributed by atoms with E-state index in [9.17, 15) is 4.79 Å². The van der Waals surface area contributed by atoms with Crippen LogP contribution < -0.4 is 0 Å². The molecule has 0 saturated carbocycles. The van der Waals surface area contributed by atoms with E-state index in [-0.39, 0.29) is 17.7 Å². The summed E-state index contributed by atoms with van der Waals surface area (Å²) in [4.78, 5) is 10.9. The van der Waals surface area contributed by atoms with Gasteiger partial charge >= 0.3 is 0 Å². The summed E-state index contributed by atoms with van der Waals surface area (Å²) in [5.41, 5.74) is 6.07. The first kappa shape index (κ1) is 8.27. The van der Waals surface area contributed by atoms with Gasteiger partial charge in [-0.3, -0.25) is 4.79 Å². The Morgan fingerprint density at radius 2 is 2.00 bits per heavy atom. The summed E-state index contributed by atoms with van der Waals surface area (Å²) in [7, 11) is 0. The molecule has 9 heavy (non-hydrogen) atoms. The van der Waals surface area contributed by atoms with Crippen LogP contribution in [0.4, 0.5) is 0 Å². The van der Waals surface area contributed by atoms with Crippen LogP contribution in [0.15, 0.2) is 5.11 Å². The van der Waals surface area contributed by atoms with Gasteiger partial charge in [0, 0.05) is 5.41 Å². The van der Waals surface area contributed by atoms with Crippen LogP contribution in [0.2, 0.25) is 0 Å². The summed E-state index contributed by atoms with van der Waals surface area (Å²) in [6, 6.07) is 0. The molecule has 3 nitrogen and oxygen atoms in total. The number of Topliss-reactive ketones (excluding diaryl/α,β-unsaturated/α-hetero) is 1. The number of hydrogen-bond acceptors (Lipinski definition) is 3. The van der Waals surface area contributed by atoms with Crippen LogP contribution in [-0.4, -0.2) is 12.3 Å². The highest BCUT2D eigenvalue weighted by atomic mass is 16.1. The quantitative estimate of drug-likeness (QED) is 0.564. The molecular weight excluding hydrogens is 116 g/mol. The monoisotopic (exact) mass is 128 g/mol. The lowest BCUT2D eigenvalue weighted by Crippen LogP contribution is -2.22. The number of carbonyl (C=O) groups is 1. The third kappa shape index (κ3) is 2.95. The highest BCUT2D eigenvalue weighted by Crippen LogP contribution is 2.13. The molecule has 0 unspecified atom stereocenters. The standard InChI is InChI=1S/C6H12N2O/c1-6(2,3)5(9)4-8-7/h7H,4H2,1-3H3. The Balaban J connectivity index is 3.88. The van der Waals surface area contributed by atoms with Gasteiger partial charge in [0.1, 0.15) is 6.54 Å². The Morgan fingerprint density at radius 3 is 2.11 bits per heavy atom. The lowest BCUT2D eigenvalue weighted by molar-refractivity contribution is -0.124. The van der Waals surface area contributed by atoms with Crippen molar-refractivity contribution in [3.05, 3.63) is 0 Å². The van der Waals surface area contributed by atoms with E-state index in [2.05, 4.69) is 5.11 Å². The second-order valence-electron chi connectivity index (χ2n) is 2.99. The molecule has 0 rings (SSSR count). The van der Waals surface area contributed by atoms with Crippen molar-refractivity contribution < 1.29 is 4.79 Å². The van der Waals surface area contributed by atoms with Crippen LogP contribution >= 0.6 is 0 Å². The van der Waals surface area contributed by atoms with Crippen LogP contribution in [0.3, 0.4) is 0 Å². The van der Waals surface area contributed by atoms with Gasteiger partial charge in [0.15, 0.2) is 5.78 Å². The maximum absolute atomic E-state index is 10.9. The third-order valence-electron chi connectivity index (χ3n) is 1.06. The van der Waals surface area contributed by atoms with Gasteiger partial charge in [0.05, 0.1) is 0 Å². The maximum Gasteiger partial charge on any atom is 0.161 e. The second kappa shape index (κ2) is 2.71. The van der Waals surface area contributed by atoms with Gasteiger partial charge in [-0.15, -0.1) is 0 Å². The van der Waals surface area contributed by atoms with E-state index in [1.165, 1.54) is 0 Å². The van der Waals surface area contributed by atoms with Gasteiger partial charge < -0.3 is 0 Å². The van der Waals surface area contributed by atoms with Crippen LogP contribution in [-0.2, 0) is 4.79 Å². The van der Waals surface area contributed by atoms with E-state index in [0.29, 0.717) is 0 Å². The van der Waals surface area contributed by atoms with E-state index < -0.39 is 0 Å². The molecule has 0 amide bonds. The Bertz CT molecular complexity index is 124. The topological polar surface area (TPSA) is 53.3 Å². The first-order chi connectivity index (χ1) is 3.98. The van der Waals surface area contributed by atoms with E-state index in [1.54, 1.807) is 0 Å². The summed E-state index contributed by atoms with van der Waals surface area (Å²) in [5.74, 6) is 0.0116. The minimum Gasteiger partial charge on any atom is -0.297 e. The minimum atomic E-state index is -0.343. The molecule has 0 radical (unpaired) electrons. The van der Waals surface area contributed by atoms with E-state index in [1.807, 2.05) is 20.8 Å². The summed E-state index contributed by atoms with van der Waals surface area (Å²) < 4.78 is 0. The van der Waals surface area contributed by atoms with Crippen molar-refractivity contribution in [2.45, 2.75) is 20.8 Å². The highest BCUT2D eigenvalue weighted by molar-refractivity contribution is 5.85. The highest BCUT2D eigenvalue weighted by Gasteiger charge is 2.19. The fraction of sp³-hybridized carbons (Fsp3) is 0.833. The Kier molecular flexibility index (Phi) is 2.49. The number of hydrogen-bond donors (Lipinski definition) is 1. The van der Waals surface area contributed by atoms with Gasteiger partial charge in [-0.2, -0.15) is 5.11 Å². The number of nitrogens with zero attached hydrogens (tertiary/aromatic N) is 1. The first-order valence-corrected chi connectivity index (χ1v) is 2.85. The zero-order valence-electron chi connectivity index (χ0n) is 6.06. The maximum atomic E-state index is 10.9. The zero-order chi connectivity index (χ0) is 7.49. The van der Waals surface area contributed by atoms with Gasteiger partial charge in [0.2, 0.25) is 0 Å². The fourth-order valence-electron chi connectivity index (χ4n) is 0.309. The number of carbonyl (C=O) groups excluding carboxylic acids is 1. The molecular formula is C6H12N2O. The predicted molar refractivity (Wildman–Crippen MR) is 34.5 cm³/mol. The van der Waals surface area contributed by atoms with Crippen molar-refractivity contribution >= 4 is 5.78 Å². The van der Waals surface area contributed by atoms with Crippen LogP contribution in [0, 0.1) is 10.9 Å². The Hall–Kier alpha value is -0.730. The zero-order valence-corrected chi connectivity index (χ0v) is 6.06. The first-order valence-electron chi connectivity index (χ1n) is 2.85. The van der Waals surface area contributed by atoms with E-state index >= 15 is 0 Å². The van der Waals surface area contributed by atoms with Gasteiger partial charge in [0.25, 0.3) is 0 Å². The van der Waals surface area contributed by atoms with Crippen LogP contribution in [0.25, 0.3) is 0 Å². The van der Waals surface area contributed by atoms with E-state index in [4.69, 9.17) is 5.53 Å². The molecule has 3 heteroatoms. The lowest BCUT2D eigenvalue weighted by atomic mass is 9.91. The summed E-state index contributed by atoms with van der Waals surface area (Å²) in [6.45, 7) is 5.48. The lowest BCUT2D eigenvalue weighted by Gasteiger charge is -2.13. The molecule has 0 aliphatic carbocycles. The molecule has 52 valence electrons. The molecule has 0 bridgehead atoms. The number of rotatable bonds is 2. The molecule has 0 aliphatic heterocycles. The van der Waals surface area contributed by atoms with Crippen molar-refractivity contribution in [1.29, 1.82) is 5.53 Å². The number of ketones is 1. The Labute approximate surface area is 55.0 Å². The van der Waals surface area contributed by atoms with Crippen LogP contribution in [0.5, 0.6) is 0 Å². The van der Waals surface area contributed by atoms with Crippen molar-refractivity contribution in [1.82, 2.24) is 0 Å². The SMILES string of the molecule is CC(C)(C)C(=O)CN=N. The summed E-state index contributed by atoms with van der Waals surface area (Å²) >= 11 is 0. The van der Waals surface area contributed by atoms with E-state index in [0.717, 1.165) is 0 Å². The summed E-state index contributed by atoms with van der Waals surface area (Å²) in [5, 5.41) is 3.00. The molecule has 0 saturated heterocycles. The third-order valence-corrected chi connectivity index (χ3v) is 1.06. The average molecular weight is 128 g/mol. The molecule has 0 spiro atoms. The van der Waals surface area contributed by atoms with Gasteiger partial charge in [-0.1, -0.05) is 20.8 Å². The Morgan fingerprint density at radius 1 is 1.56 bits per heavy atom. The number of nitrogens with one attached hydrogen (secondary N) is 1. The smallest absolute Gasteiger partial charge is 0.161 e. The van der Waals surface area contributed by atoms with Crippen LogP contribution in [0.1, 0.15) is 20.8 Å². The molecule has 1 N–H and O–H groups in total. The molecule has 0 fully saturated rings. The van der Waals surface area contributed by atoms with Gasteiger partial charge in [-0.05, 0) is 0 Å². The molecule has 0 aliphatic rings. The molecule has 0 heterocycles. The minimum absolute atomic E-state index is 0.0116. The largest absolute Gasteiger partial charge is 0.297 e. The van der Waals surface area contributed by atoms with Crippen molar-refractivity contribution in [3.63, 3.8) is 0 Å². The molecule has 0 aromatic heterocycles. The predicted octanol–water partition coefficient (Wildman–Crippen LogP) is 1.63. The second-order valence-corrected chi connectivity index (χ2v) is 2.99. The average Bonchev–Trinajstić information content (AvgIpc) is 1.64. The fourth-order valence-corrected chi connectivity index (χ4v) is 0.309. The molecule has 0 aromatic carbocycles. The normalized spacial score (nSPS) is 11.0. The molecule has 0 aromatic rings. The summed E-state index contributed by atoms with van der Waals surface area (Å²) in [6.07, 6.45) is 0.